The van der Waals surface area contributed by atoms with E-state index in [1.54, 1.807) is 24.3 Å². The van der Waals surface area contributed by atoms with Crippen LogP contribution in [0.2, 0.25) is 0 Å². The van der Waals surface area contributed by atoms with E-state index in [1.165, 1.54) is 0 Å². The number of hydrogen-bond acceptors (Lipinski definition) is 5. The van der Waals surface area contributed by atoms with Crippen molar-refractivity contribution in [3.63, 3.8) is 0 Å². The number of aliphatic hydroxyl groups excluding tert-OH is 1. The third-order valence-corrected chi connectivity index (χ3v) is 3.96. The van der Waals surface area contributed by atoms with E-state index in [4.69, 9.17) is 10.00 Å². The van der Waals surface area contributed by atoms with Gasteiger partial charge in [-0.1, -0.05) is 6.92 Å². The van der Waals surface area contributed by atoms with Crippen molar-refractivity contribution in [1.29, 1.82) is 5.26 Å². The predicted octanol–water partition coefficient (Wildman–Crippen LogP) is 2.42. The molecule has 0 aromatic heterocycles. The molecule has 1 aromatic rings. The summed E-state index contributed by atoms with van der Waals surface area (Å²) < 4.78 is 5.49. The summed E-state index contributed by atoms with van der Waals surface area (Å²) in [6.07, 6.45) is 0.559. The van der Waals surface area contributed by atoms with E-state index in [2.05, 4.69) is 25.2 Å². The molecule has 116 valence electrons. The van der Waals surface area contributed by atoms with Gasteiger partial charge in [0.15, 0.2) is 0 Å². The monoisotopic (exact) mass is 308 g/mol. The Hall–Kier alpha value is -1.22. The lowest BCUT2D eigenvalue weighted by Crippen LogP contribution is -2.36. The quantitative estimate of drug-likeness (QED) is 0.650. The Balaban J connectivity index is 2.18. The average Bonchev–Trinajstić information content (AvgIpc) is 2.51. The lowest BCUT2D eigenvalue weighted by molar-refractivity contribution is 0.104. The second-order valence-electron chi connectivity index (χ2n) is 4.90. The summed E-state index contributed by atoms with van der Waals surface area (Å²) in [6.45, 7) is 5.06. The van der Waals surface area contributed by atoms with Gasteiger partial charge in [0.2, 0.25) is 0 Å². The Labute approximate surface area is 131 Å². The summed E-state index contributed by atoms with van der Waals surface area (Å²) in [4.78, 5) is 0. The van der Waals surface area contributed by atoms with E-state index in [0.29, 0.717) is 23.9 Å². The van der Waals surface area contributed by atoms with Crippen molar-refractivity contribution in [2.24, 2.45) is 0 Å². The first-order valence-electron chi connectivity index (χ1n) is 7.27. The van der Waals surface area contributed by atoms with Crippen molar-refractivity contribution in [2.75, 3.05) is 24.7 Å². The van der Waals surface area contributed by atoms with E-state index >= 15 is 0 Å². The molecule has 0 aliphatic rings. The van der Waals surface area contributed by atoms with Crippen LogP contribution in [0.15, 0.2) is 24.3 Å². The SMILES string of the molecule is CCSCCC(C)NCC(O)COc1ccc(C#N)cc1. The molecule has 0 radical (unpaired) electrons. The highest BCUT2D eigenvalue weighted by molar-refractivity contribution is 7.99. The minimum Gasteiger partial charge on any atom is -0.491 e. The topological polar surface area (TPSA) is 65.3 Å². The summed E-state index contributed by atoms with van der Waals surface area (Å²) >= 11 is 1.93. The molecule has 0 aliphatic heterocycles. The molecule has 0 saturated heterocycles. The van der Waals surface area contributed by atoms with Crippen molar-refractivity contribution < 1.29 is 9.84 Å². The normalized spacial score (nSPS) is 13.4. The van der Waals surface area contributed by atoms with Gasteiger partial charge in [0.05, 0.1) is 11.6 Å². The van der Waals surface area contributed by atoms with Crippen LogP contribution < -0.4 is 10.1 Å². The lowest BCUT2D eigenvalue weighted by Gasteiger charge is -2.17. The minimum absolute atomic E-state index is 0.245. The van der Waals surface area contributed by atoms with Gasteiger partial charge in [0.1, 0.15) is 18.5 Å². The molecule has 2 atom stereocenters. The number of ether oxygens (including phenoxy) is 1. The zero-order valence-corrected chi connectivity index (χ0v) is 13.5. The number of benzene rings is 1. The molecule has 1 aromatic carbocycles. The van der Waals surface area contributed by atoms with E-state index in [1.807, 2.05) is 11.8 Å². The van der Waals surface area contributed by atoms with Crippen LogP contribution in [0.5, 0.6) is 5.75 Å². The number of nitriles is 1. The molecule has 0 bridgehead atoms. The van der Waals surface area contributed by atoms with Crippen LogP contribution in [-0.4, -0.2) is 41.9 Å². The van der Waals surface area contributed by atoms with Gasteiger partial charge in [0.25, 0.3) is 0 Å². The first-order chi connectivity index (χ1) is 10.2. The largest absolute Gasteiger partial charge is 0.491 e. The number of thioether (sulfide) groups is 1. The van der Waals surface area contributed by atoms with Crippen molar-refractivity contribution in [2.45, 2.75) is 32.4 Å². The number of nitrogens with zero attached hydrogens (tertiary/aromatic N) is 1. The molecule has 0 saturated carbocycles. The van der Waals surface area contributed by atoms with Crippen LogP contribution in [-0.2, 0) is 0 Å². The zero-order chi connectivity index (χ0) is 15.5. The maximum atomic E-state index is 9.89. The number of nitrogens with one attached hydrogen (secondary N) is 1. The summed E-state index contributed by atoms with van der Waals surface area (Å²) in [7, 11) is 0. The summed E-state index contributed by atoms with van der Waals surface area (Å²) in [5.74, 6) is 2.96. The summed E-state index contributed by atoms with van der Waals surface area (Å²) in [5, 5.41) is 21.9. The van der Waals surface area contributed by atoms with Crippen molar-refractivity contribution in [3.8, 4) is 11.8 Å². The summed E-state index contributed by atoms with van der Waals surface area (Å²) in [6, 6.07) is 9.34. The van der Waals surface area contributed by atoms with Crippen LogP contribution in [0.4, 0.5) is 0 Å². The highest BCUT2D eigenvalue weighted by Gasteiger charge is 2.08. The van der Waals surface area contributed by atoms with Gasteiger partial charge in [0, 0.05) is 12.6 Å². The van der Waals surface area contributed by atoms with Crippen molar-refractivity contribution in [1.82, 2.24) is 5.32 Å². The number of aliphatic hydroxyl groups is 1. The molecule has 2 unspecified atom stereocenters. The van der Waals surface area contributed by atoms with Crippen LogP contribution in [0.25, 0.3) is 0 Å². The predicted molar refractivity (Wildman–Crippen MR) is 87.7 cm³/mol. The Bertz CT molecular complexity index is 431. The fraction of sp³-hybridized carbons (Fsp3) is 0.562. The van der Waals surface area contributed by atoms with Gasteiger partial charge in [-0.3, -0.25) is 0 Å². The van der Waals surface area contributed by atoms with E-state index in [9.17, 15) is 5.11 Å². The molecule has 0 heterocycles. The maximum absolute atomic E-state index is 9.89. The fourth-order valence-corrected chi connectivity index (χ4v) is 2.53. The molecular weight excluding hydrogens is 284 g/mol. The lowest BCUT2D eigenvalue weighted by atomic mass is 10.2. The van der Waals surface area contributed by atoms with Gasteiger partial charge in [-0.05, 0) is 49.1 Å². The Morgan fingerprint density at radius 1 is 1.38 bits per heavy atom. The fourth-order valence-electron chi connectivity index (χ4n) is 1.72. The molecule has 21 heavy (non-hydrogen) atoms. The molecular formula is C16H24N2O2S. The molecule has 2 N–H and O–H groups in total. The van der Waals surface area contributed by atoms with Crippen LogP contribution >= 0.6 is 11.8 Å². The zero-order valence-electron chi connectivity index (χ0n) is 12.7. The first-order valence-corrected chi connectivity index (χ1v) is 8.43. The second kappa shape index (κ2) is 10.5. The van der Waals surface area contributed by atoms with Gasteiger partial charge in [-0.2, -0.15) is 17.0 Å². The van der Waals surface area contributed by atoms with Gasteiger partial charge in [-0.25, -0.2) is 0 Å². The summed E-state index contributed by atoms with van der Waals surface area (Å²) in [5.41, 5.74) is 0.600. The minimum atomic E-state index is -0.540. The highest BCUT2D eigenvalue weighted by atomic mass is 32.2. The molecule has 0 amide bonds. The van der Waals surface area contributed by atoms with Gasteiger partial charge >= 0.3 is 0 Å². The maximum Gasteiger partial charge on any atom is 0.119 e. The van der Waals surface area contributed by atoms with Crippen molar-refractivity contribution >= 4 is 11.8 Å². The van der Waals surface area contributed by atoms with E-state index < -0.39 is 6.10 Å². The molecule has 1 rings (SSSR count). The smallest absolute Gasteiger partial charge is 0.119 e. The van der Waals surface area contributed by atoms with Crippen LogP contribution in [0.1, 0.15) is 25.8 Å². The van der Waals surface area contributed by atoms with E-state index in [-0.39, 0.29) is 6.61 Å². The standard InChI is InChI=1S/C16H24N2O2S/c1-3-21-9-8-13(2)18-11-15(19)12-20-16-6-4-14(10-17)5-7-16/h4-7,13,15,18-19H,3,8-9,11-12H2,1-2H3. The molecule has 0 spiro atoms. The Kier molecular flexibility index (Phi) is 8.91. The molecule has 5 heteroatoms. The van der Waals surface area contributed by atoms with Crippen molar-refractivity contribution in [3.05, 3.63) is 29.8 Å². The number of rotatable bonds is 10. The van der Waals surface area contributed by atoms with Gasteiger partial charge < -0.3 is 15.2 Å². The molecule has 4 nitrogen and oxygen atoms in total. The Morgan fingerprint density at radius 2 is 2.10 bits per heavy atom. The third kappa shape index (κ3) is 7.96. The number of hydrogen-bond donors (Lipinski definition) is 2. The highest BCUT2D eigenvalue weighted by Crippen LogP contribution is 2.11. The average molecular weight is 308 g/mol. The Morgan fingerprint density at radius 3 is 2.71 bits per heavy atom. The van der Waals surface area contributed by atoms with Crippen LogP contribution in [0, 0.1) is 11.3 Å². The third-order valence-electron chi connectivity index (χ3n) is 3.03. The molecule has 0 aliphatic carbocycles. The van der Waals surface area contributed by atoms with Crippen LogP contribution in [0.3, 0.4) is 0 Å². The van der Waals surface area contributed by atoms with Gasteiger partial charge in [-0.15, -0.1) is 0 Å². The van der Waals surface area contributed by atoms with E-state index in [0.717, 1.165) is 17.9 Å². The molecule has 0 fully saturated rings. The second-order valence-corrected chi connectivity index (χ2v) is 6.29. The first kappa shape index (κ1) is 17.8.